The molecule has 3 unspecified atom stereocenters. The molecule has 3 atom stereocenters. The molecule has 1 spiro atoms. The molecule has 3 aliphatic carbocycles. The molecule has 0 saturated heterocycles. The number of alkyl halides is 1. The summed E-state index contributed by atoms with van der Waals surface area (Å²) < 4.78 is 6.58. The smallest absolute Gasteiger partial charge is 0.0831 e. The highest BCUT2D eigenvalue weighted by Crippen LogP contribution is 2.58. The predicted molar refractivity (Wildman–Crippen MR) is 82.2 cm³/mol. The molecule has 108 valence electrons. The first-order valence-corrected chi connectivity index (χ1v) is 8.60. The van der Waals surface area contributed by atoms with Crippen LogP contribution < -0.4 is 0 Å². The van der Waals surface area contributed by atoms with Gasteiger partial charge in [-0.1, -0.05) is 37.1 Å². The Morgan fingerprint density at radius 3 is 2.70 bits per heavy atom. The highest BCUT2D eigenvalue weighted by molar-refractivity contribution is 6.21. The van der Waals surface area contributed by atoms with Gasteiger partial charge in [-0.2, -0.15) is 0 Å². The van der Waals surface area contributed by atoms with Crippen LogP contribution in [-0.2, 0) is 11.2 Å². The first-order valence-electron chi connectivity index (χ1n) is 8.17. The number of rotatable bonds is 2. The SMILES string of the molecule is ClC1CC(OC2CCCc3ccccc32)C12CCCC2. The summed E-state index contributed by atoms with van der Waals surface area (Å²) in [7, 11) is 0. The third kappa shape index (κ3) is 1.94. The van der Waals surface area contributed by atoms with Gasteiger partial charge in [0.1, 0.15) is 0 Å². The summed E-state index contributed by atoms with van der Waals surface area (Å²) in [6.07, 6.45) is 10.6. The lowest BCUT2D eigenvalue weighted by Crippen LogP contribution is -2.54. The summed E-state index contributed by atoms with van der Waals surface area (Å²) in [6.45, 7) is 0. The van der Waals surface area contributed by atoms with E-state index < -0.39 is 0 Å². The maximum absolute atomic E-state index is 6.58. The molecule has 3 aliphatic rings. The number of hydrogen-bond donors (Lipinski definition) is 0. The van der Waals surface area contributed by atoms with Crippen molar-refractivity contribution in [3.63, 3.8) is 0 Å². The van der Waals surface area contributed by atoms with Gasteiger partial charge in [-0.25, -0.2) is 0 Å². The van der Waals surface area contributed by atoms with E-state index in [9.17, 15) is 0 Å². The van der Waals surface area contributed by atoms with Crippen LogP contribution in [0.15, 0.2) is 24.3 Å². The first-order chi connectivity index (χ1) is 9.79. The van der Waals surface area contributed by atoms with Crippen LogP contribution >= 0.6 is 11.6 Å². The Morgan fingerprint density at radius 1 is 1.10 bits per heavy atom. The van der Waals surface area contributed by atoms with E-state index in [1.807, 2.05) is 0 Å². The molecule has 0 aliphatic heterocycles. The molecule has 2 fully saturated rings. The van der Waals surface area contributed by atoms with Crippen molar-refractivity contribution < 1.29 is 4.74 Å². The zero-order chi connectivity index (χ0) is 13.6. The van der Waals surface area contributed by atoms with Crippen LogP contribution in [0.4, 0.5) is 0 Å². The van der Waals surface area contributed by atoms with Crippen molar-refractivity contribution in [2.45, 2.75) is 69.0 Å². The van der Waals surface area contributed by atoms with E-state index in [0.29, 0.717) is 23.0 Å². The van der Waals surface area contributed by atoms with E-state index in [4.69, 9.17) is 16.3 Å². The molecule has 2 saturated carbocycles. The molecule has 4 rings (SSSR count). The summed E-state index contributed by atoms with van der Waals surface area (Å²) in [6, 6.07) is 8.83. The predicted octanol–water partition coefficient (Wildman–Crippen LogP) is 5.02. The van der Waals surface area contributed by atoms with Gasteiger partial charge < -0.3 is 4.74 Å². The van der Waals surface area contributed by atoms with Crippen molar-refractivity contribution >= 4 is 11.6 Å². The van der Waals surface area contributed by atoms with Gasteiger partial charge in [0.2, 0.25) is 0 Å². The zero-order valence-electron chi connectivity index (χ0n) is 12.0. The van der Waals surface area contributed by atoms with Gasteiger partial charge in [0, 0.05) is 10.8 Å². The van der Waals surface area contributed by atoms with E-state index in [1.54, 1.807) is 0 Å². The largest absolute Gasteiger partial charge is 0.370 e. The fraction of sp³-hybridized carbons (Fsp3) is 0.667. The van der Waals surface area contributed by atoms with Gasteiger partial charge in [0.05, 0.1) is 12.2 Å². The van der Waals surface area contributed by atoms with E-state index >= 15 is 0 Å². The third-order valence-electron chi connectivity index (χ3n) is 5.86. The van der Waals surface area contributed by atoms with Gasteiger partial charge in [0.25, 0.3) is 0 Å². The van der Waals surface area contributed by atoms with Gasteiger partial charge in [-0.3, -0.25) is 0 Å². The third-order valence-corrected chi connectivity index (χ3v) is 6.48. The maximum Gasteiger partial charge on any atom is 0.0831 e. The molecule has 1 aromatic rings. The quantitative estimate of drug-likeness (QED) is 0.695. The Labute approximate surface area is 126 Å². The molecular weight excluding hydrogens is 268 g/mol. The number of ether oxygens (including phenoxy) is 1. The van der Waals surface area contributed by atoms with E-state index in [-0.39, 0.29) is 0 Å². The minimum absolute atomic E-state index is 0.312. The van der Waals surface area contributed by atoms with E-state index in [1.165, 1.54) is 56.1 Å². The summed E-state index contributed by atoms with van der Waals surface area (Å²) in [5.74, 6) is 0. The van der Waals surface area contributed by atoms with Crippen molar-refractivity contribution in [1.29, 1.82) is 0 Å². The second-order valence-corrected chi connectivity index (χ2v) is 7.37. The maximum atomic E-state index is 6.58. The van der Waals surface area contributed by atoms with Gasteiger partial charge in [0.15, 0.2) is 0 Å². The number of halogens is 1. The van der Waals surface area contributed by atoms with E-state index in [0.717, 1.165) is 6.42 Å². The molecule has 0 amide bonds. The fourth-order valence-corrected chi connectivity index (χ4v) is 5.13. The number of hydrogen-bond acceptors (Lipinski definition) is 1. The van der Waals surface area contributed by atoms with Crippen LogP contribution in [0.1, 0.15) is 62.2 Å². The Balaban J connectivity index is 1.53. The average molecular weight is 291 g/mol. The normalized spacial score (nSPS) is 34.8. The lowest BCUT2D eigenvalue weighted by atomic mass is 9.64. The molecule has 0 bridgehead atoms. The molecular formula is C18H23ClO. The van der Waals surface area contributed by atoms with Crippen LogP contribution in [0.3, 0.4) is 0 Å². The Kier molecular flexibility index (Phi) is 3.31. The van der Waals surface area contributed by atoms with Crippen LogP contribution in [0.2, 0.25) is 0 Å². The van der Waals surface area contributed by atoms with Crippen molar-refractivity contribution in [3.05, 3.63) is 35.4 Å². The van der Waals surface area contributed by atoms with E-state index in [2.05, 4.69) is 24.3 Å². The lowest BCUT2D eigenvalue weighted by Gasteiger charge is -2.52. The Hall–Kier alpha value is -0.530. The average Bonchev–Trinajstić information content (AvgIpc) is 3.00. The van der Waals surface area contributed by atoms with Crippen LogP contribution in [0, 0.1) is 5.41 Å². The number of fused-ring (bicyclic) bond motifs is 1. The first kappa shape index (κ1) is 13.2. The summed E-state index contributed by atoms with van der Waals surface area (Å²) in [5, 5.41) is 0.355. The van der Waals surface area contributed by atoms with Crippen LogP contribution in [0.25, 0.3) is 0 Å². The molecule has 2 heteroatoms. The monoisotopic (exact) mass is 290 g/mol. The Morgan fingerprint density at radius 2 is 1.90 bits per heavy atom. The minimum Gasteiger partial charge on any atom is -0.370 e. The number of aryl methyl sites for hydroxylation is 1. The molecule has 0 heterocycles. The van der Waals surface area contributed by atoms with Crippen molar-refractivity contribution in [1.82, 2.24) is 0 Å². The molecule has 0 aromatic heterocycles. The van der Waals surface area contributed by atoms with Gasteiger partial charge in [-0.15, -0.1) is 11.6 Å². The summed E-state index contributed by atoms with van der Waals surface area (Å²) >= 11 is 6.54. The lowest BCUT2D eigenvalue weighted by molar-refractivity contribution is -0.142. The second-order valence-electron chi connectivity index (χ2n) is 6.85. The molecule has 1 aromatic carbocycles. The zero-order valence-corrected chi connectivity index (χ0v) is 12.7. The highest BCUT2D eigenvalue weighted by Gasteiger charge is 2.56. The van der Waals surface area contributed by atoms with Crippen molar-refractivity contribution in [2.24, 2.45) is 5.41 Å². The van der Waals surface area contributed by atoms with Crippen LogP contribution in [0.5, 0.6) is 0 Å². The molecule has 20 heavy (non-hydrogen) atoms. The van der Waals surface area contributed by atoms with Gasteiger partial charge in [-0.05, 0) is 49.7 Å². The molecule has 1 nitrogen and oxygen atoms in total. The van der Waals surface area contributed by atoms with Crippen LogP contribution in [-0.4, -0.2) is 11.5 Å². The van der Waals surface area contributed by atoms with Crippen molar-refractivity contribution in [3.8, 4) is 0 Å². The topological polar surface area (TPSA) is 9.23 Å². The standard InChI is InChI=1S/C18H23ClO/c19-16-12-17(18(16)10-3-4-11-18)20-15-9-5-7-13-6-1-2-8-14(13)15/h1-2,6,8,15-17H,3-5,7,9-12H2. The summed E-state index contributed by atoms with van der Waals surface area (Å²) in [4.78, 5) is 0. The van der Waals surface area contributed by atoms with Crippen molar-refractivity contribution in [2.75, 3.05) is 0 Å². The second kappa shape index (κ2) is 5.03. The fourth-order valence-electron chi connectivity index (χ4n) is 4.61. The Bertz CT molecular complexity index is 492. The molecule has 0 radical (unpaired) electrons. The minimum atomic E-state index is 0.312. The number of benzene rings is 1. The molecule has 0 N–H and O–H groups in total. The highest BCUT2D eigenvalue weighted by atomic mass is 35.5. The van der Waals surface area contributed by atoms with Gasteiger partial charge >= 0.3 is 0 Å². The summed E-state index contributed by atoms with van der Waals surface area (Å²) in [5.41, 5.74) is 3.24.